The van der Waals surface area contributed by atoms with Crippen LogP contribution in [0.25, 0.3) is 21.9 Å². The predicted octanol–water partition coefficient (Wildman–Crippen LogP) is 6.65. The van der Waals surface area contributed by atoms with Gasteiger partial charge in [-0.2, -0.15) is 0 Å². The van der Waals surface area contributed by atoms with Crippen molar-refractivity contribution in [3.8, 4) is 16.9 Å². The Morgan fingerprint density at radius 1 is 0.848 bits per heavy atom. The summed E-state index contributed by atoms with van der Waals surface area (Å²) in [5.74, 6) is 0.846. The average molecular weight is 439 g/mol. The molecule has 168 valence electrons. The van der Waals surface area contributed by atoms with E-state index in [4.69, 9.17) is 9.47 Å². The second-order valence-electron chi connectivity index (χ2n) is 8.88. The maximum Gasteiger partial charge on any atom is 0.120 e. The molecule has 33 heavy (non-hydrogen) atoms. The molecule has 4 aromatic carbocycles. The summed E-state index contributed by atoms with van der Waals surface area (Å²) in [6, 6.07) is 29.6. The van der Waals surface area contributed by atoms with Gasteiger partial charge in [0, 0.05) is 26.1 Å². The smallest absolute Gasteiger partial charge is 0.120 e. The summed E-state index contributed by atoms with van der Waals surface area (Å²) in [7, 11) is 0. The first kappa shape index (κ1) is 21.7. The molecule has 4 aromatic rings. The standard InChI is InChI=1S/C30H30O3/c1-2-22-17-25-11-12-27(20-29(25)28(19-22)24-8-4-3-5-9-24)33-21-23-7-6-10-26(18-23)30(31)13-15-32-16-14-30/h3-12,17-20,31H,2,13-16,21H2,1H3. The number of aryl methyl sites for hydroxylation is 1. The van der Waals surface area contributed by atoms with Crippen LogP contribution in [-0.4, -0.2) is 18.3 Å². The maximum atomic E-state index is 11.0. The molecule has 0 spiro atoms. The van der Waals surface area contributed by atoms with Crippen molar-refractivity contribution in [2.45, 2.75) is 38.4 Å². The molecule has 5 rings (SSSR count). The van der Waals surface area contributed by atoms with Crippen LogP contribution >= 0.6 is 0 Å². The Morgan fingerprint density at radius 3 is 2.45 bits per heavy atom. The van der Waals surface area contributed by atoms with Gasteiger partial charge in [-0.3, -0.25) is 0 Å². The second kappa shape index (κ2) is 9.38. The minimum Gasteiger partial charge on any atom is -0.489 e. The molecule has 0 aromatic heterocycles. The van der Waals surface area contributed by atoms with Crippen molar-refractivity contribution < 1.29 is 14.6 Å². The molecule has 0 radical (unpaired) electrons. The normalized spacial score (nSPS) is 15.5. The predicted molar refractivity (Wildman–Crippen MR) is 133 cm³/mol. The van der Waals surface area contributed by atoms with Crippen LogP contribution in [0.5, 0.6) is 5.75 Å². The van der Waals surface area contributed by atoms with Gasteiger partial charge in [-0.15, -0.1) is 0 Å². The Hall–Kier alpha value is -3.14. The summed E-state index contributed by atoms with van der Waals surface area (Å²) in [4.78, 5) is 0. The molecule has 1 fully saturated rings. The summed E-state index contributed by atoms with van der Waals surface area (Å²) in [5, 5.41) is 13.5. The Labute approximate surface area is 195 Å². The van der Waals surface area contributed by atoms with Crippen LogP contribution in [0.3, 0.4) is 0 Å². The lowest BCUT2D eigenvalue weighted by molar-refractivity contribution is -0.0679. The van der Waals surface area contributed by atoms with Gasteiger partial charge in [0.05, 0.1) is 5.60 Å². The fraction of sp³-hybridized carbons (Fsp3) is 0.267. The van der Waals surface area contributed by atoms with Gasteiger partial charge in [-0.05, 0) is 63.2 Å². The zero-order valence-corrected chi connectivity index (χ0v) is 19.1. The molecule has 3 nitrogen and oxygen atoms in total. The summed E-state index contributed by atoms with van der Waals surface area (Å²) >= 11 is 0. The summed E-state index contributed by atoms with van der Waals surface area (Å²) < 4.78 is 11.6. The molecule has 3 heteroatoms. The first-order chi connectivity index (χ1) is 16.1. The third-order valence-corrected chi connectivity index (χ3v) is 6.67. The molecule has 1 saturated heterocycles. The van der Waals surface area contributed by atoms with Crippen molar-refractivity contribution in [2.75, 3.05) is 13.2 Å². The highest BCUT2D eigenvalue weighted by Gasteiger charge is 2.31. The van der Waals surface area contributed by atoms with E-state index in [9.17, 15) is 5.11 Å². The van der Waals surface area contributed by atoms with Crippen LogP contribution in [0, 0.1) is 0 Å². The number of benzene rings is 4. The molecule has 0 unspecified atom stereocenters. The monoisotopic (exact) mass is 438 g/mol. The molecule has 0 saturated carbocycles. The summed E-state index contributed by atoms with van der Waals surface area (Å²) in [6.07, 6.45) is 2.26. The van der Waals surface area contributed by atoms with Gasteiger partial charge in [0.1, 0.15) is 12.4 Å². The largest absolute Gasteiger partial charge is 0.489 e. The number of hydrogen-bond acceptors (Lipinski definition) is 3. The highest BCUT2D eigenvalue weighted by atomic mass is 16.5. The van der Waals surface area contributed by atoms with Crippen LogP contribution in [0.2, 0.25) is 0 Å². The zero-order chi connectivity index (χ0) is 22.7. The molecule has 1 aliphatic heterocycles. The van der Waals surface area contributed by atoms with Crippen LogP contribution in [0.15, 0.2) is 84.9 Å². The zero-order valence-electron chi connectivity index (χ0n) is 19.1. The molecule has 1 heterocycles. The molecule has 0 atom stereocenters. The highest BCUT2D eigenvalue weighted by Crippen LogP contribution is 2.34. The maximum absolute atomic E-state index is 11.0. The number of aliphatic hydroxyl groups is 1. The van der Waals surface area contributed by atoms with E-state index >= 15 is 0 Å². The van der Waals surface area contributed by atoms with Crippen molar-refractivity contribution in [1.29, 1.82) is 0 Å². The van der Waals surface area contributed by atoms with Gasteiger partial charge in [-0.25, -0.2) is 0 Å². The average Bonchev–Trinajstić information content (AvgIpc) is 2.88. The molecule has 1 aliphatic rings. The van der Waals surface area contributed by atoms with Crippen molar-refractivity contribution in [3.05, 3.63) is 102 Å². The van der Waals surface area contributed by atoms with E-state index in [0.717, 1.165) is 23.3 Å². The molecule has 0 amide bonds. The Balaban J connectivity index is 1.42. The molecule has 0 bridgehead atoms. The van der Waals surface area contributed by atoms with E-state index < -0.39 is 5.60 Å². The molecular weight excluding hydrogens is 408 g/mol. The van der Waals surface area contributed by atoms with E-state index in [1.54, 1.807) is 0 Å². The fourth-order valence-electron chi connectivity index (χ4n) is 4.66. The second-order valence-corrected chi connectivity index (χ2v) is 8.88. The minimum absolute atomic E-state index is 0.458. The van der Waals surface area contributed by atoms with Crippen LogP contribution in [0.1, 0.15) is 36.5 Å². The number of rotatable bonds is 6. The van der Waals surface area contributed by atoms with Crippen molar-refractivity contribution in [1.82, 2.24) is 0 Å². The van der Waals surface area contributed by atoms with E-state index in [0.29, 0.717) is 32.7 Å². The Kier molecular flexibility index (Phi) is 6.17. The van der Waals surface area contributed by atoms with Gasteiger partial charge in [0.15, 0.2) is 0 Å². The van der Waals surface area contributed by atoms with Gasteiger partial charge in [-0.1, -0.05) is 73.7 Å². The first-order valence-electron chi connectivity index (χ1n) is 11.8. The summed E-state index contributed by atoms with van der Waals surface area (Å²) in [6.45, 7) is 3.84. The lowest BCUT2D eigenvalue weighted by Crippen LogP contribution is -2.33. The van der Waals surface area contributed by atoms with Crippen LogP contribution in [0.4, 0.5) is 0 Å². The van der Waals surface area contributed by atoms with E-state index in [2.05, 4.69) is 73.7 Å². The van der Waals surface area contributed by atoms with E-state index in [-0.39, 0.29) is 0 Å². The lowest BCUT2D eigenvalue weighted by Gasteiger charge is -2.32. The van der Waals surface area contributed by atoms with Crippen LogP contribution < -0.4 is 4.74 Å². The SMILES string of the molecule is CCc1cc(-c2ccccc2)c2cc(OCc3cccc(C4(O)CCOCC4)c3)ccc2c1. The third kappa shape index (κ3) is 4.66. The number of hydrogen-bond donors (Lipinski definition) is 1. The van der Waals surface area contributed by atoms with Crippen molar-refractivity contribution in [2.24, 2.45) is 0 Å². The number of ether oxygens (including phenoxy) is 2. The summed E-state index contributed by atoms with van der Waals surface area (Å²) in [5.41, 5.74) is 4.98. The molecular formula is C30H30O3. The van der Waals surface area contributed by atoms with Crippen molar-refractivity contribution >= 4 is 10.8 Å². The molecule has 1 N–H and O–H groups in total. The van der Waals surface area contributed by atoms with E-state index in [1.165, 1.54) is 27.5 Å². The van der Waals surface area contributed by atoms with Gasteiger partial charge >= 0.3 is 0 Å². The minimum atomic E-state index is -0.807. The van der Waals surface area contributed by atoms with Gasteiger partial charge < -0.3 is 14.6 Å². The Bertz CT molecular complexity index is 1240. The number of fused-ring (bicyclic) bond motifs is 1. The fourth-order valence-corrected chi connectivity index (χ4v) is 4.66. The third-order valence-electron chi connectivity index (χ3n) is 6.67. The van der Waals surface area contributed by atoms with Gasteiger partial charge in [0.2, 0.25) is 0 Å². The van der Waals surface area contributed by atoms with Crippen LogP contribution in [-0.2, 0) is 23.4 Å². The van der Waals surface area contributed by atoms with E-state index in [1.807, 2.05) is 18.2 Å². The topological polar surface area (TPSA) is 38.7 Å². The van der Waals surface area contributed by atoms with Crippen molar-refractivity contribution in [3.63, 3.8) is 0 Å². The first-order valence-corrected chi connectivity index (χ1v) is 11.8. The molecule has 0 aliphatic carbocycles. The van der Waals surface area contributed by atoms with Gasteiger partial charge in [0.25, 0.3) is 0 Å². The lowest BCUT2D eigenvalue weighted by atomic mass is 9.86. The Morgan fingerprint density at radius 2 is 1.67 bits per heavy atom. The highest BCUT2D eigenvalue weighted by molar-refractivity contribution is 5.98. The quantitative estimate of drug-likeness (QED) is 0.366.